The quantitative estimate of drug-likeness (QED) is 0.728. The summed E-state index contributed by atoms with van der Waals surface area (Å²) in [5.41, 5.74) is 5.80. The smallest absolute Gasteiger partial charge is 0.313 e. The van der Waals surface area contributed by atoms with Crippen molar-refractivity contribution in [3.05, 3.63) is 29.8 Å². The number of carbonyl (C=O) groups is 3. The Morgan fingerprint density at radius 1 is 1.00 bits per heavy atom. The number of rotatable bonds is 3. The number of benzene rings is 1. The number of nitrogens with two attached hydrogens (primary N) is 1. The molecular weight excluding hydrogens is 270 g/mol. The number of hydrogen-bond donors (Lipinski definition) is 3. The Morgan fingerprint density at radius 2 is 1.62 bits per heavy atom. The number of nitrogens with one attached hydrogen (secondary N) is 2. The van der Waals surface area contributed by atoms with E-state index in [2.05, 4.69) is 10.6 Å². The first-order valence-corrected chi connectivity index (χ1v) is 7.08. The zero-order valence-corrected chi connectivity index (χ0v) is 11.7. The van der Waals surface area contributed by atoms with Crippen molar-refractivity contribution in [3.8, 4) is 0 Å². The van der Waals surface area contributed by atoms with Gasteiger partial charge in [0.05, 0.1) is 0 Å². The summed E-state index contributed by atoms with van der Waals surface area (Å²) in [5.74, 6) is -2.04. The van der Waals surface area contributed by atoms with Crippen LogP contribution in [0.5, 0.6) is 0 Å². The van der Waals surface area contributed by atoms with Crippen LogP contribution < -0.4 is 16.4 Å². The summed E-state index contributed by atoms with van der Waals surface area (Å²) in [6, 6.07) is 6.59. The fraction of sp³-hybridized carbons (Fsp3) is 0.400. The molecular formula is C15H19N3O3. The molecule has 1 aromatic rings. The van der Waals surface area contributed by atoms with Crippen molar-refractivity contribution < 1.29 is 14.4 Å². The Bertz CT molecular complexity index is 534. The summed E-state index contributed by atoms with van der Waals surface area (Å²) >= 11 is 0. The van der Waals surface area contributed by atoms with Crippen LogP contribution in [0.25, 0.3) is 0 Å². The predicted molar refractivity (Wildman–Crippen MR) is 78.6 cm³/mol. The van der Waals surface area contributed by atoms with Gasteiger partial charge in [-0.15, -0.1) is 0 Å². The van der Waals surface area contributed by atoms with Gasteiger partial charge in [0, 0.05) is 17.3 Å². The van der Waals surface area contributed by atoms with Crippen molar-refractivity contribution in [3.63, 3.8) is 0 Å². The highest BCUT2D eigenvalue weighted by Crippen LogP contribution is 2.18. The first kappa shape index (κ1) is 15.0. The first-order chi connectivity index (χ1) is 10.1. The second-order valence-corrected chi connectivity index (χ2v) is 5.20. The van der Waals surface area contributed by atoms with E-state index in [1.165, 1.54) is 6.42 Å². The molecule has 6 heteroatoms. The molecule has 0 aromatic heterocycles. The highest BCUT2D eigenvalue weighted by molar-refractivity contribution is 6.39. The summed E-state index contributed by atoms with van der Waals surface area (Å²) in [5, 5.41) is 5.36. The molecule has 0 atom stereocenters. The molecule has 0 unspecified atom stereocenters. The number of amides is 3. The summed E-state index contributed by atoms with van der Waals surface area (Å²) in [4.78, 5) is 33.9. The van der Waals surface area contributed by atoms with E-state index in [9.17, 15) is 14.4 Å². The molecule has 0 heterocycles. The minimum atomic E-state index is -1.05. The zero-order valence-electron chi connectivity index (χ0n) is 11.7. The van der Waals surface area contributed by atoms with Crippen molar-refractivity contribution in [2.45, 2.75) is 38.1 Å². The van der Waals surface area contributed by atoms with Crippen molar-refractivity contribution in [1.82, 2.24) is 5.32 Å². The third kappa shape index (κ3) is 4.30. The standard InChI is InChI=1S/C15H19N3O3/c16-13(19)15(21)18-12-8-6-10(7-9-12)14(20)17-11-4-2-1-3-5-11/h6-9,11H,1-5H2,(H2,16,19)(H,17,20)(H,18,21). The number of primary amides is 1. The van der Waals surface area contributed by atoms with Gasteiger partial charge < -0.3 is 16.4 Å². The van der Waals surface area contributed by atoms with Crippen LogP contribution >= 0.6 is 0 Å². The van der Waals surface area contributed by atoms with Crippen molar-refractivity contribution in [2.24, 2.45) is 5.73 Å². The van der Waals surface area contributed by atoms with E-state index in [-0.39, 0.29) is 11.9 Å². The molecule has 112 valence electrons. The molecule has 1 saturated carbocycles. The van der Waals surface area contributed by atoms with Crippen LogP contribution in [0, 0.1) is 0 Å². The Kier molecular flexibility index (Phi) is 4.92. The van der Waals surface area contributed by atoms with Crippen LogP contribution in [0.4, 0.5) is 5.69 Å². The highest BCUT2D eigenvalue weighted by Gasteiger charge is 2.16. The predicted octanol–water partition coefficient (Wildman–Crippen LogP) is 1.17. The molecule has 1 aliphatic carbocycles. The Morgan fingerprint density at radius 3 is 2.19 bits per heavy atom. The van der Waals surface area contributed by atoms with Gasteiger partial charge in [0.2, 0.25) is 0 Å². The molecule has 1 fully saturated rings. The molecule has 4 N–H and O–H groups in total. The minimum Gasteiger partial charge on any atom is -0.361 e. The molecule has 1 aliphatic rings. The Labute approximate surface area is 123 Å². The third-order valence-electron chi connectivity index (χ3n) is 3.57. The topological polar surface area (TPSA) is 101 Å². The minimum absolute atomic E-state index is 0.116. The maximum atomic E-state index is 12.1. The SMILES string of the molecule is NC(=O)C(=O)Nc1ccc(C(=O)NC2CCCCC2)cc1. The van der Waals surface area contributed by atoms with E-state index >= 15 is 0 Å². The van der Waals surface area contributed by atoms with Crippen LogP contribution in [-0.2, 0) is 9.59 Å². The molecule has 1 aromatic carbocycles. The summed E-state index contributed by atoms with van der Waals surface area (Å²) in [6.07, 6.45) is 5.60. The van der Waals surface area contributed by atoms with E-state index in [0.717, 1.165) is 25.7 Å². The second-order valence-electron chi connectivity index (χ2n) is 5.20. The van der Waals surface area contributed by atoms with E-state index in [1.54, 1.807) is 24.3 Å². The lowest BCUT2D eigenvalue weighted by Crippen LogP contribution is -2.36. The molecule has 0 aliphatic heterocycles. The molecule has 0 bridgehead atoms. The normalized spacial score (nSPS) is 15.2. The fourth-order valence-electron chi connectivity index (χ4n) is 2.41. The average molecular weight is 289 g/mol. The van der Waals surface area contributed by atoms with Crippen LogP contribution in [0.1, 0.15) is 42.5 Å². The number of hydrogen-bond acceptors (Lipinski definition) is 3. The van der Waals surface area contributed by atoms with Gasteiger partial charge in [-0.05, 0) is 37.1 Å². The Balaban J connectivity index is 1.93. The average Bonchev–Trinajstić information content (AvgIpc) is 2.48. The zero-order chi connectivity index (χ0) is 15.2. The van der Waals surface area contributed by atoms with Crippen LogP contribution in [0.3, 0.4) is 0 Å². The van der Waals surface area contributed by atoms with Crippen LogP contribution in [0.2, 0.25) is 0 Å². The Hall–Kier alpha value is -2.37. The van der Waals surface area contributed by atoms with Crippen molar-refractivity contribution >= 4 is 23.4 Å². The molecule has 3 amide bonds. The van der Waals surface area contributed by atoms with E-state index in [0.29, 0.717) is 11.3 Å². The lowest BCUT2D eigenvalue weighted by atomic mass is 9.95. The highest BCUT2D eigenvalue weighted by atomic mass is 16.2. The maximum absolute atomic E-state index is 12.1. The molecule has 0 spiro atoms. The van der Waals surface area contributed by atoms with Gasteiger partial charge in [-0.25, -0.2) is 0 Å². The van der Waals surface area contributed by atoms with Gasteiger partial charge in [-0.2, -0.15) is 0 Å². The van der Waals surface area contributed by atoms with Crippen LogP contribution in [-0.4, -0.2) is 23.8 Å². The van der Waals surface area contributed by atoms with E-state index in [1.807, 2.05) is 0 Å². The van der Waals surface area contributed by atoms with Crippen molar-refractivity contribution in [1.29, 1.82) is 0 Å². The summed E-state index contributed by atoms with van der Waals surface area (Å²) in [7, 11) is 0. The largest absolute Gasteiger partial charge is 0.361 e. The van der Waals surface area contributed by atoms with Gasteiger partial charge in [0.15, 0.2) is 0 Å². The van der Waals surface area contributed by atoms with E-state index in [4.69, 9.17) is 5.73 Å². The molecule has 6 nitrogen and oxygen atoms in total. The fourth-order valence-corrected chi connectivity index (χ4v) is 2.41. The number of carbonyl (C=O) groups excluding carboxylic acids is 3. The van der Waals surface area contributed by atoms with Gasteiger partial charge in [-0.1, -0.05) is 19.3 Å². The summed E-state index contributed by atoms with van der Waals surface area (Å²) < 4.78 is 0. The third-order valence-corrected chi connectivity index (χ3v) is 3.57. The first-order valence-electron chi connectivity index (χ1n) is 7.08. The molecule has 0 radical (unpaired) electrons. The van der Waals surface area contributed by atoms with E-state index < -0.39 is 11.8 Å². The van der Waals surface area contributed by atoms with Crippen molar-refractivity contribution in [2.75, 3.05) is 5.32 Å². The molecule has 2 rings (SSSR count). The van der Waals surface area contributed by atoms with Gasteiger partial charge >= 0.3 is 11.8 Å². The maximum Gasteiger partial charge on any atom is 0.313 e. The van der Waals surface area contributed by atoms with Gasteiger partial charge in [0.1, 0.15) is 0 Å². The van der Waals surface area contributed by atoms with Crippen LogP contribution in [0.15, 0.2) is 24.3 Å². The lowest BCUT2D eigenvalue weighted by molar-refractivity contribution is -0.134. The molecule has 0 saturated heterocycles. The molecule has 21 heavy (non-hydrogen) atoms. The monoisotopic (exact) mass is 289 g/mol. The second kappa shape index (κ2) is 6.88. The van der Waals surface area contributed by atoms with Gasteiger partial charge in [-0.3, -0.25) is 14.4 Å². The number of anilines is 1. The van der Waals surface area contributed by atoms with Gasteiger partial charge in [0.25, 0.3) is 5.91 Å². The summed E-state index contributed by atoms with van der Waals surface area (Å²) in [6.45, 7) is 0. The lowest BCUT2D eigenvalue weighted by Gasteiger charge is -2.22.